The highest BCUT2D eigenvalue weighted by Gasteiger charge is 2.38. The predicted molar refractivity (Wildman–Crippen MR) is 156 cm³/mol. The van der Waals surface area contributed by atoms with Crippen LogP contribution in [-0.4, -0.2) is 76.4 Å². The van der Waals surface area contributed by atoms with Crippen molar-refractivity contribution in [3.8, 4) is 5.75 Å². The van der Waals surface area contributed by atoms with E-state index in [1.807, 2.05) is 6.92 Å². The fraction of sp³-hybridized carbons (Fsp3) is 0.500. The highest BCUT2D eigenvalue weighted by atomic mass is 19.4. The number of benzene rings is 1. The van der Waals surface area contributed by atoms with E-state index in [1.54, 1.807) is 39.0 Å². The Kier molecular flexibility index (Phi) is 9.44. The van der Waals surface area contributed by atoms with Gasteiger partial charge >= 0.3 is 12.4 Å². The Labute approximate surface area is 260 Å². The number of halogens is 6. The Morgan fingerprint density at radius 3 is 2.22 bits per heavy atom. The molecule has 2 atom stereocenters. The predicted octanol–water partition coefficient (Wildman–Crippen LogP) is 4.47. The molecule has 2 saturated heterocycles. The Bertz CT molecular complexity index is 1570. The van der Waals surface area contributed by atoms with Crippen LogP contribution in [-0.2, 0) is 23.7 Å². The molecular weight excluding hydrogens is 620 g/mol. The number of amides is 1. The molecule has 2 fully saturated rings. The zero-order valence-electron chi connectivity index (χ0n) is 25.2. The van der Waals surface area contributed by atoms with Crippen molar-refractivity contribution in [2.75, 3.05) is 49.6 Å². The second-order valence-electron chi connectivity index (χ2n) is 11.5. The number of alkyl halides is 6. The SMILES string of the molecule is COc1ccc(Cn2nc(N3C[C@H](C)C[C@H]3CCC(=O)N3CCN(c4ncc(C(F)(F)F)cn4)CC3)cc(C(F)(F)F)c2=O)cc1. The lowest BCUT2D eigenvalue weighted by Crippen LogP contribution is -2.49. The first kappa shape index (κ1) is 33.0. The molecule has 0 unspecified atom stereocenters. The number of nitrogens with zero attached hydrogens (tertiary/aromatic N) is 7. The summed E-state index contributed by atoms with van der Waals surface area (Å²) in [4.78, 5) is 38.7. The van der Waals surface area contributed by atoms with Gasteiger partial charge in [0.1, 0.15) is 17.1 Å². The standard InChI is InChI=1S/C30H33F6N7O3/c1-19-13-22(5-8-26(44)40-9-11-41(12-10-40)28-37-15-21(16-38-28)29(31,32)33)42(17-19)25-14-24(30(34,35)36)27(45)43(39-25)18-20-3-6-23(46-2)7-4-20/h3-4,6-7,14-16,19,22H,5,8-13,17-18H2,1-2H3/t19-,22-/m1/s1. The second-order valence-corrected chi connectivity index (χ2v) is 11.5. The van der Waals surface area contributed by atoms with Gasteiger partial charge in [0.2, 0.25) is 11.9 Å². The quantitative estimate of drug-likeness (QED) is 0.329. The molecule has 2 aliphatic heterocycles. The van der Waals surface area contributed by atoms with Crippen LogP contribution >= 0.6 is 0 Å². The van der Waals surface area contributed by atoms with Crippen LogP contribution in [0, 0.1) is 5.92 Å². The van der Waals surface area contributed by atoms with Crippen LogP contribution in [0.4, 0.5) is 38.1 Å². The van der Waals surface area contributed by atoms with E-state index < -0.39 is 29.0 Å². The molecule has 3 aromatic rings. The van der Waals surface area contributed by atoms with Crippen LogP contribution in [0.25, 0.3) is 0 Å². The minimum absolute atomic E-state index is 0.0207. The van der Waals surface area contributed by atoms with Crippen LogP contribution < -0.4 is 20.1 Å². The molecule has 16 heteroatoms. The molecular formula is C30H33F6N7O3. The second kappa shape index (κ2) is 13.2. The van der Waals surface area contributed by atoms with Gasteiger partial charge in [-0.25, -0.2) is 14.6 Å². The maximum Gasteiger partial charge on any atom is 0.421 e. The molecule has 1 amide bonds. The lowest BCUT2D eigenvalue weighted by atomic mass is 10.0. The number of ether oxygens (including phenoxy) is 1. The lowest BCUT2D eigenvalue weighted by Gasteiger charge is -2.35. The van der Waals surface area contributed by atoms with Gasteiger partial charge in [0.15, 0.2) is 0 Å². The number of aromatic nitrogens is 4. The summed E-state index contributed by atoms with van der Waals surface area (Å²) < 4.78 is 86.4. The van der Waals surface area contributed by atoms with E-state index in [4.69, 9.17) is 4.74 Å². The molecule has 0 N–H and O–H groups in total. The summed E-state index contributed by atoms with van der Waals surface area (Å²) in [6, 6.07) is 7.10. The smallest absolute Gasteiger partial charge is 0.421 e. The molecule has 5 rings (SSSR count). The van der Waals surface area contributed by atoms with Gasteiger partial charge in [-0.15, -0.1) is 0 Å². The fourth-order valence-electron chi connectivity index (χ4n) is 5.82. The normalized spacial score (nSPS) is 19.1. The summed E-state index contributed by atoms with van der Waals surface area (Å²) in [7, 11) is 1.49. The van der Waals surface area contributed by atoms with Gasteiger partial charge in [0.05, 0.1) is 19.2 Å². The van der Waals surface area contributed by atoms with E-state index >= 15 is 0 Å². The number of carbonyl (C=O) groups excluding carboxylic acids is 1. The van der Waals surface area contributed by atoms with Crippen molar-refractivity contribution in [1.29, 1.82) is 0 Å². The van der Waals surface area contributed by atoms with Gasteiger partial charge < -0.3 is 19.4 Å². The maximum atomic E-state index is 14.0. The first-order chi connectivity index (χ1) is 21.7. The molecule has 10 nitrogen and oxygen atoms in total. The molecule has 1 aromatic carbocycles. The van der Waals surface area contributed by atoms with Crippen LogP contribution in [0.3, 0.4) is 0 Å². The minimum atomic E-state index is -4.89. The van der Waals surface area contributed by atoms with Gasteiger partial charge in [-0.3, -0.25) is 9.59 Å². The van der Waals surface area contributed by atoms with E-state index in [-0.39, 0.29) is 42.6 Å². The number of hydrogen-bond donors (Lipinski definition) is 0. The zero-order valence-corrected chi connectivity index (χ0v) is 25.2. The number of hydrogen-bond acceptors (Lipinski definition) is 8. The highest BCUT2D eigenvalue weighted by Crippen LogP contribution is 2.34. The number of methoxy groups -OCH3 is 1. The van der Waals surface area contributed by atoms with Gasteiger partial charge in [-0.1, -0.05) is 19.1 Å². The van der Waals surface area contributed by atoms with Crippen molar-refractivity contribution < 1.29 is 35.9 Å². The third kappa shape index (κ3) is 7.53. The lowest BCUT2D eigenvalue weighted by molar-refractivity contribution is -0.139. The van der Waals surface area contributed by atoms with Crippen molar-refractivity contribution in [2.24, 2.45) is 5.92 Å². The van der Waals surface area contributed by atoms with Crippen LogP contribution in [0.5, 0.6) is 5.75 Å². The fourth-order valence-corrected chi connectivity index (χ4v) is 5.82. The Morgan fingerprint density at radius 1 is 0.978 bits per heavy atom. The molecule has 4 heterocycles. The van der Waals surface area contributed by atoms with E-state index in [0.717, 1.165) is 23.1 Å². The number of piperazine rings is 1. The summed E-state index contributed by atoms with van der Waals surface area (Å²) in [6.07, 6.45) is -6.83. The summed E-state index contributed by atoms with van der Waals surface area (Å²) in [5.41, 5.74) is -2.93. The summed E-state index contributed by atoms with van der Waals surface area (Å²) >= 11 is 0. The van der Waals surface area contributed by atoms with Crippen molar-refractivity contribution in [3.63, 3.8) is 0 Å². The summed E-state index contributed by atoms with van der Waals surface area (Å²) in [6.45, 7) is 3.52. The van der Waals surface area contributed by atoms with Gasteiger partial charge in [-0.05, 0) is 36.5 Å². The molecule has 248 valence electrons. The maximum absolute atomic E-state index is 14.0. The van der Waals surface area contributed by atoms with Gasteiger partial charge in [-0.2, -0.15) is 31.4 Å². The van der Waals surface area contributed by atoms with E-state index in [0.29, 0.717) is 56.9 Å². The summed E-state index contributed by atoms with van der Waals surface area (Å²) in [5, 5.41) is 4.35. The van der Waals surface area contributed by atoms with Crippen LogP contribution in [0.15, 0.2) is 47.5 Å². The van der Waals surface area contributed by atoms with Crippen molar-refractivity contribution >= 4 is 17.7 Å². The average molecular weight is 654 g/mol. The highest BCUT2D eigenvalue weighted by molar-refractivity contribution is 5.76. The largest absolute Gasteiger partial charge is 0.497 e. The Balaban J connectivity index is 1.25. The number of anilines is 2. The molecule has 0 spiro atoms. The topological polar surface area (TPSA) is 96.7 Å². The molecule has 0 saturated carbocycles. The summed E-state index contributed by atoms with van der Waals surface area (Å²) in [5.74, 6) is 0.709. The monoisotopic (exact) mass is 653 g/mol. The molecule has 0 bridgehead atoms. The Morgan fingerprint density at radius 2 is 1.63 bits per heavy atom. The average Bonchev–Trinajstić information content (AvgIpc) is 3.40. The molecule has 0 radical (unpaired) electrons. The Hall–Kier alpha value is -4.37. The van der Waals surface area contributed by atoms with Gasteiger partial charge in [0.25, 0.3) is 5.56 Å². The van der Waals surface area contributed by atoms with Crippen molar-refractivity contribution in [2.45, 2.75) is 51.1 Å². The van der Waals surface area contributed by atoms with E-state index in [9.17, 15) is 35.9 Å². The minimum Gasteiger partial charge on any atom is -0.497 e. The van der Waals surface area contributed by atoms with E-state index in [1.165, 1.54) is 7.11 Å². The van der Waals surface area contributed by atoms with Gasteiger partial charge in [0, 0.05) is 63.6 Å². The van der Waals surface area contributed by atoms with E-state index in [2.05, 4.69) is 15.1 Å². The first-order valence-electron chi connectivity index (χ1n) is 14.7. The number of rotatable bonds is 8. The van der Waals surface area contributed by atoms with Crippen molar-refractivity contribution in [3.05, 3.63) is 69.8 Å². The zero-order chi connectivity index (χ0) is 33.2. The third-order valence-corrected chi connectivity index (χ3v) is 8.25. The van der Waals surface area contributed by atoms with Crippen LogP contribution in [0.1, 0.15) is 42.9 Å². The van der Waals surface area contributed by atoms with Crippen molar-refractivity contribution in [1.82, 2.24) is 24.6 Å². The molecule has 0 aliphatic carbocycles. The molecule has 2 aromatic heterocycles. The number of carbonyl (C=O) groups is 1. The van der Waals surface area contributed by atoms with Crippen LogP contribution in [0.2, 0.25) is 0 Å². The first-order valence-corrected chi connectivity index (χ1v) is 14.7. The molecule has 2 aliphatic rings. The molecule has 46 heavy (non-hydrogen) atoms. The third-order valence-electron chi connectivity index (χ3n) is 8.25.